The minimum Gasteiger partial charge on any atom is -0.477 e. The maximum atomic E-state index is 11.7. The first-order valence-corrected chi connectivity index (χ1v) is 10.1. The van der Waals surface area contributed by atoms with Gasteiger partial charge in [0.1, 0.15) is 10.9 Å². The van der Waals surface area contributed by atoms with Crippen LogP contribution in [-0.4, -0.2) is 31.3 Å². The van der Waals surface area contributed by atoms with Gasteiger partial charge >= 0.3 is 5.97 Å². The van der Waals surface area contributed by atoms with Gasteiger partial charge in [0.15, 0.2) is 0 Å². The van der Waals surface area contributed by atoms with Crippen molar-refractivity contribution < 1.29 is 9.90 Å². The fourth-order valence-corrected chi connectivity index (χ4v) is 4.36. The normalized spacial score (nSPS) is 10.7. The summed E-state index contributed by atoms with van der Waals surface area (Å²) in [4.78, 5) is 14.1. The molecule has 0 amide bonds. The van der Waals surface area contributed by atoms with Gasteiger partial charge in [0.2, 0.25) is 5.82 Å². The fraction of sp³-hybridized carbons (Fsp3) is 0.136. The number of rotatable bonds is 5. The summed E-state index contributed by atoms with van der Waals surface area (Å²) in [5, 5.41) is 31.2. The van der Waals surface area contributed by atoms with Gasteiger partial charge in [-0.1, -0.05) is 55.5 Å². The number of aryl methyl sites for hydroxylation is 2. The number of carbonyl (C=O) groups is 1. The van der Waals surface area contributed by atoms with Crippen LogP contribution >= 0.6 is 11.3 Å². The van der Waals surface area contributed by atoms with Gasteiger partial charge < -0.3 is 5.11 Å². The number of aromatic nitrogens is 4. The number of carboxylic acid groups (broad SMARTS) is 1. The minimum absolute atomic E-state index is 0.206. The number of thiophene rings is 1. The molecule has 7 nitrogen and oxygen atoms in total. The monoisotopic (exact) mass is 415 g/mol. The van der Waals surface area contributed by atoms with Crippen molar-refractivity contribution in [3.8, 4) is 39.7 Å². The molecule has 0 saturated carbocycles. The molecule has 0 atom stereocenters. The van der Waals surface area contributed by atoms with E-state index in [4.69, 9.17) is 0 Å². The van der Waals surface area contributed by atoms with Gasteiger partial charge in [0, 0.05) is 16.0 Å². The number of benzene rings is 2. The van der Waals surface area contributed by atoms with Gasteiger partial charge in [-0.3, -0.25) is 0 Å². The molecule has 0 radical (unpaired) electrons. The second-order valence-electron chi connectivity index (χ2n) is 6.63. The molecule has 148 valence electrons. The third-order valence-electron chi connectivity index (χ3n) is 4.77. The van der Waals surface area contributed by atoms with Gasteiger partial charge in [-0.15, -0.1) is 21.5 Å². The van der Waals surface area contributed by atoms with E-state index in [1.54, 1.807) is 7.05 Å². The molecule has 0 saturated heterocycles. The number of aromatic carboxylic acids is 1. The lowest BCUT2D eigenvalue weighted by Gasteiger charge is -2.06. The van der Waals surface area contributed by atoms with Crippen LogP contribution in [0.15, 0.2) is 48.5 Å². The zero-order valence-electron chi connectivity index (χ0n) is 16.3. The predicted octanol–water partition coefficient (Wildman–Crippen LogP) is 4.40. The average Bonchev–Trinajstić information content (AvgIpc) is 3.37. The highest BCUT2D eigenvalue weighted by Crippen LogP contribution is 2.37. The lowest BCUT2D eigenvalue weighted by atomic mass is 9.97. The molecule has 0 spiro atoms. The predicted molar refractivity (Wildman–Crippen MR) is 114 cm³/mol. The van der Waals surface area contributed by atoms with Crippen molar-refractivity contribution >= 4 is 17.3 Å². The number of tetrazole rings is 1. The van der Waals surface area contributed by atoms with Crippen LogP contribution in [0.5, 0.6) is 0 Å². The summed E-state index contributed by atoms with van der Waals surface area (Å²) in [5.74, 6) is -0.447. The summed E-state index contributed by atoms with van der Waals surface area (Å²) in [6.07, 6.45) is 0.624. The molecule has 1 N–H and O–H groups in total. The first kappa shape index (κ1) is 19.5. The van der Waals surface area contributed by atoms with Crippen LogP contribution in [0.25, 0.3) is 33.6 Å². The van der Waals surface area contributed by atoms with Crippen molar-refractivity contribution in [2.45, 2.75) is 13.3 Å². The largest absolute Gasteiger partial charge is 0.477 e. The van der Waals surface area contributed by atoms with Gasteiger partial charge in [-0.25, -0.2) is 4.79 Å². The summed E-state index contributed by atoms with van der Waals surface area (Å²) in [6, 6.07) is 17.6. The highest BCUT2D eigenvalue weighted by molar-refractivity contribution is 7.14. The number of hydrogen-bond acceptors (Lipinski definition) is 6. The van der Waals surface area contributed by atoms with Gasteiger partial charge in [0.05, 0.1) is 12.6 Å². The van der Waals surface area contributed by atoms with Crippen molar-refractivity contribution in [2.75, 3.05) is 0 Å². The van der Waals surface area contributed by atoms with E-state index < -0.39 is 5.97 Å². The molecule has 8 heteroatoms. The zero-order chi connectivity index (χ0) is 21.3. The Morgan fingerprint density at radius 3 is 2.10 bits per heavy atom. The number of hydrogen-bond donors (Lipinski definition) is 1. The molecule has 0 bridgehead atoms. The maximum Gasteiger partial charge on any atom is 0.346 e. The minimum atomic E-state index is -1.01. The Hall–Kier alpha value is -3.83. The smallest absolute Gasteiger partial charge is 0.346 e. The van der Waals surface area contributed by atoms with Gasteiger partial charge in [-0.2, -0.15) is 10.1 Å². The zero-order valence-corrected chi connectivity index (χ0v) is 17.1. The van der Waals surface area contributed by atoms with E-state index in [0.717, 1.165) is 27.1 Å². The fourth-order valence-electron chi connectivity index (χ4n) is 3.31. The highest BCUT2D eigenvalue weighted by atomic mass is 32.1. The third-order valence-corrected chi connectivity index (χ3v) is 6.09. The van der Waals surface area contributed by atoms with E-state index in [2.05, 4.69) is 21.5 Å². The second-order valence-corrected chi connectivity index (χ2v) is 7.74. The van der Waals surface area contributed by atoms with Crippen LogP contribution in [0.4, 0.5) is 0 Å². The Balaban J connectivity index is 1.68. The van der Waals surface area contributed by atoms with Crippen LogP contribution in [0, 0.1) is 11.3 Å². The lowest BCUT2D eigenvalue weighted by Crippen LogP contribution is -1.95. The van der Waals surface area contributed by atoms with Crippen molar-refractivity contribution in [1.82, 2.24) is 20.2 Å². The summed E-state index contributed by atoms with van der Waals surface area (Å²) in [5.41, 5.74) is 4.55. The average molecular weight is 415 g/mol. The molecule has 2 heterocycles. The van der Waals surface area contributed by atoms with E-state index >= 15 is 0 Å². The lowest BCUT2D eigenvalue weighted by molar-refractivity contribution is 0.0703. The third kappa shape index (κ3) is 3.47. The van der Waals surface area contributed by atoms with Crippen molar-refractivity contribution in [2.24, 2.45) is 7.05 Å². The van der Waals surface area contributed by atoms with E-state index in [-0.39, 0.29) is 4.88 Å². The van der Waals surface area contributed by atoms with Gasteiger partial charge in [-0.05, 0) is 28.3 Å². The molecule has 30 heavy (non-hydrogen) atoms. The number of nitrogens with zero attached hydrogens (tertiary/aromatic N) is 5. The van der Waals surface area contributed by atoms with Gasteiger partial charge in [0.25, 0.3) is 0 Å². The van der Waals surface area contributed by atoms with Crippen LogP contribution < -0.4 is 0 Å². The maximum absolute atomic E-state index is 11.7. The Morgan fingerprint density at radius 2 is 1.63 bits per heavy atom. The van der Waals surface area contributed by atoms with Crippen molar-refractivity contribution in [1.29, 1.82) is 5.26 Å². The van der Waals surface area contributed by atoms with Crippen molar-refractivity contribution in [3.05, 3.63) is 63.8 Å². The van der Waals surface area contributed by atoms with Crippen LogP contribution in [-0.2, 0) is 13.5 Å². The molecule has 4 rings (SSSR count). The molecule has 0 aliphatic carbocycles. The summed E-state index contributed by atoms with van der Waals surface area (Å²) in [7, 11) is 1.72. The van der Waals surface area contributed by atoms with E-state index in [0.29, 0.717) is 23.4 Å². The molecule has 2 aromatic heterocycles. The summed E-state index contributed by atoms with van der Waals surface area (Å²) >= 11 is 1.17. The Labute approximate surface area is 176 Å². The topological polar surface area (TPSA) is 105 Å². The van der Waals surface area contributed by atoms with Crippen LogP contribution in [0.1, 0.15) is 27.0 Å². The SMILES string of the molecule is CCc1sc(C(=O)O)c(-c2ccc(-c3ccc(-c4nnn(C)n4)cc3)cc2)c1C#N. The first-order chi connectivity index (χ1) is 14.5. The molecular formula is C22H17N5O2S. The number of nitriles is 1. The van der Waals surface area contributed by atoms with E-state index in [1.165, 1.54) is 16.1 Å². The molecule has 0 aliphatic rings. The second kappa shape index (κ2) is 7.89. The highest BCUT2D eigenvalue weighted by Gasteiger charge is 2.23. The Kier molecular flexibility index (Phi) is 5.12. The van der Waals surface area contributed by atoms with Crippen LogP contribution in [0.2, 0.25) is 0 Å². The van der Waals surface area contributed by atoms with E-state index in [1.807, 2.05) is 55.5 Å². The first-order valence-electron chi connectivity index (χ1n) is 9.26. The summed E-state index contributed by atoms with van der Waals surface area (Å²) in [6.45, 7) is 1.92. The van der Waals surface area contributed by atoms with Crippen molar-refractivity contribution in [3.63, 3.8) is 0 Å². The van der Waals surface area contributed by atoms with E-state index in [9.17, 15) is 15.2 Å². The van der Waals surface area contributed by atoms with Crippen LogP contribution in [0.3, 0.4) is 0 Å². The Bertz CT molecular complexity index is 1260. The molecule has 2 aromatic carbocycles. The molecule has 0 fully saturated rings. The molecular weight excluding hydrogens is 398 g/mol. The molecule has 0 aliphatic heterocycles. The molecule has 0 unspecified atom stereocenters. The quantitative estimate of drug-likeness (QED) is 0.518. The Morgan fingerprint density at radius 1 is 1.07 bits per heavy atom. The number of carboxylic acids is 1. The molecule has 4 aromatic rings. The summed E-state index contributed by atoms with van der Waals surface area (Å²) < 4.78 is 0. The standard InChI is InChI=1S/C22H17N5O2S/c1-3-18-17(12-23)19(20(30-18)22(28)29)15-8-4-13(5-9-15)14-6-10-16(11-7-14)21-24-26-27(2)25-21/h4-11H,3H2,1-2H3,(H,28,29).